The Morgan fingerprint density at radius 2 is 2.06 bits per heavy atom. The Morgan fingerprint density at radius 3 is 2.59 bits per heavy atom. The highest BCUT2D eigenvalue weighted by molar-refractivity contribution is 5.52. The molecule has 0 aromatic heterocycles. The molecular weight excluding hydrogens is 212 g/mol. The summed E-state index contributed by atoms with van der Waals surface area (Å²) < 4.78 is 5.77. The third kappa shape index (κ3) is 3.88. The molecule has 17 heavy (non-hydrogen) atoms. The first-order valence-corrected chi connectivity index (χ1v) is 6.29. The Morgan fingerprint density at radius 1 is 1.35 bits per heavy atom. The Kier molecular flexibility index (Phi) is 5.20. The molecule has 94 valence electrons. The van der Waals surface area contributed by atoms with Crippen molar-refractivity contribution in [3.05, 3.63) is 29.3 Å². The summed E-state index contributed by atoms with van der Waals surface area (Å²) in [7, 11) is 0. The summed E-state index contributed by atoms with van der Waals surface area (Å²) in [6, 6.07) is 6.12. The maximum absolute atomic E-state index is 10.5. The molecule has 0 spiro atoms. The number of rotatable bonds is 6. The van der Waals surface area contributed by atoms with Gasteiger partial charge in [-0.3, -0.25) is 0 Å². The number of ether oxygens (including phenoxy) is 1. The quantitative estimate of drug-likeness (QED) is 0.698. The maximum atomic E-state index is 10.5. The average molecular weight is 234 g/mol. The molecule has 0 saturated heterocycles. The fraction of sp³-hybridized carbons (Fsp3) is 0.533. The van der Waals surface area contributed by atoms with E-state index in [0.717, 1.165) is 18.5 Å². The molecule has 1 aromatic rings. The Bertz CT molecular complexity index is 371. The van der Waals surface area contributed by atoms with E-state index in [-0.39, 0.29) is 12.0 Å². The largest absolute Gasteiger partial charge is 0.491 e. The molecule has 0 aliphatic heterocycles. The van der Waals surface area contributed by atoms with Crippen molar-refractivity contribution in [1.29, 1.82) is 0 Å². The molecule has 0 radical (unpaired) electrons. The van der Waals surface area contributed by atoms with E-state index < -0.39 is 0 Å². The molecule has 2 atom stereocenters. The van der Waals surface area contributed by atoms with Crippen molar-refractivity contribution in [3.8, 4) is 5.75 Å². The van der Waals surface area contributed by atoms with Gasteiger partial charge in [-0.25, -0.2) is 0 Å². The van der Waals surface area contributed by atoms with Crippen LogP contribution in [-0.4, -0.2) is 12.4 Å². The first-order chi connectivity index (χ1) is 8.08. The first-order valence-electron chi connectivity index (χ1n) is 6.29. The second kappa shape index (κ2) is 6.43. The zero-order valence-corrected chi connectivity index (χ0v) is 11.2. The van der Waals surface area contributed by atoms with Crippen LogP contribution in [0.15, 0.2) is 18.2 Å². The summed E-state index contributed by atoms with van der Waals surface area (Å²) in [5.74, 6) is 1.20. The average Bonchev–Trinajstić information content (AvgIpc) is 2.29. The number of carbonyl (C=O) groups excluding carboxylic acids is 1. The minimum Gasteiger partial charge on any atom is -0.491 e. The zero-order chi connectivity index (χ0) is 12.8. The van der Waals surface area contributed by atoms with Gasteiger partial charge in [-0.15, -0.1) is 0 Å². The van der Waals surface area contributed by atoms with Crippen molar-refractivity contribution >= 4 is 6.29 Å². The topological polar surface area (TPSA) is 26.3 Å². The highest BCUT2D eigenvalue weighted by Crippen LogP contribution is 2.26. The number of aldehydes is 1. The first kappa shape index (κ1) is 13.8. The molecule has 0 aliphatic rings. The van der Waals surface area contributed by atoms with Gasteiger partial charge in [-0.05, 0) is 49.4 Å². The molecule has 2 nitrogen and oxygen atoms in total. The Labute approximate surface area is 104 Å². The predicted octanol–water partition coefficient (Wildman–Crippen LogP) is 3.86. The van der Waals surface area contributed by atoms with Crippen molar-refractivity contribution in [2.75, 3.05) is 0 Å². The summed E-state index contributed by atoms with van der Waals surface area (Å²) in [5, 5.41) is 0. The molecule has 2 unspecified atom stereocenters. The van der Waals surface area contributed by atoms with Crippen molar-refractivity contribution < 1.29 is 9.53 Å². The van der Waals surface area contributed by atoms with Crippen molar-refractivity contribution in [3.63, 3.8) is 0 Å². The molecule has 0 N–H and O–H groups in total. The van der Waals surface area contributed by atoms with E-state index in [1.807, 2.05) is 6.07 Å². The van der Waals surface area contributed by atoms with E-state index in [4.69, 9.17) is 4.74 Å². The van der Waals surface area contributed by atoms with Crippen molar-refractivity contribution in [2.24, 2.45) is 0 Å². The summed E-state index contributed by atoms with van der Waals surface area (Å²) >= 11 is 0. The van der Waals surface area contributed by atoms with Crippen LogP contribution in [0.4, 0.5) is 0 Å². The second-order valence-corrected chi connectivity index (χ2v) is 4.66. The summed E-state index contributed by atoms with van der Waals surface area (Å²) in [6.07, 6.45) is 2.80. The molecule has 0 saturated carbocycles. The molecule has 1 rings (SSSR count). The van der Waals surface area contributed by atoms with Gasteiger partial charge in [0, 0.05) is 6.42 Å². The normalized spacial score (nSPS) is 14.1. The molecule has 0 amide bonds. The number of hydrogen-bond acceptors (Lipinski definition) is 2. The van der Waals surface area contributed by atoms with Crippen LogP contribution in [0.3, 0.4) is 0 Å². The zero-order valence-electron chi connectivity index (χ0n) is 11.2. The van der Waals surface area contributed by atoms with E-state index in [0.29, 0.717) is 6.42 Å². The van der Waals surface area contributed by atoms with Crippen LogP contribution >= 0.6 is 0 Å². The second-order valence-electron chi connectivity index (χ2n) is 4.66. The van der Waals surface area contributed by atoms with Gasteiger partial charge in [0.2, 0.25) is 0 Å². The van der Waals surface area contributed by atoms with Crippen molar-refractivity contribution in [1.82, 2.24) is 0 Å². The minimum atomic E-state index is 0.243. The van der Waals surface area contributed by atoms with Crippen LogP contribution in [0, 0.1) is 6.92 Å². The van der Waals surface area contributed by atoms with E-state index in [2.05, 4.69) is 39.8 Å². The predicted molar refractivity (Wildman–Crippen MR) is 70.7 cm³/mol. The third-order valence-corrected chi connectivity index (χ3v) is 3.13. The van der Waals surface area contributed by atoms with Gasteiger partial charge in [0.1, 0.15) is 12.0 Å². The molecule has 2 heteroatoms. The van der Waals surface area contributed by atoms with Gasteiger partial charge >= 0.3 is 0 Å². The van der Waals surface area contributed by atoms with E-state index in [1.165, 1.54) is 11.1 Å². The standard InChI is InChI=1S/C15H22O2/c1-5-13(4)17-14-6-7-15(12(3)10-14)11(2)8-9-16/h6-7,9-11,13H,5,8H2,1-4H3. The minimum absolute atomic E-state index is 0.243. The Balaban J connectivity index is 2.82. The van der Waals surface area contributed by atoms with Crippen LogP contribution in [0.1, 0.15) is 50.7 Å². The van der Waals surface area contributed by atoms with Gasteiger partial charge in [0.05, 0.1) is 6.10 Å². The molecule has 0 heterocycles. The molecular formula is C15H22O2. The smallest absolute Gasteiger partial charge is 0.120 e. The SMILES string of the molecule is CCC(C)Oc1ccc(C(C)CC=O)c(C)c1. The van der Waals surface area contributed by atoms with Gasteiger partial charge in [0.15, 0.2) is 0 Å². The highest BCUT2D eigenvalue weighted by Gasteiger charge is 2.09. The van der Waals surface area contributed by atoms with E-state index in [1.54, 1.807) is 0 Å². The van der Waals surface area contributed by atoms with Crippen LogP contribution in [0.25, 0.3) is 0 Å². The Hall–Kier alpha value is -1.31. The molecule has 0 fully saturated rings. The number of aryl methyl sites for hydroxylation is 1. The highest BCUT2D eigenvalue weighted by atomic mass is 16.5. The van der Waals surface area contributed by atoms with Crippen LogP contribution < -0.4 is 4.74 Å². The van der Waals surface area contributed by atoms with Gasteiger partial charge in [-0.1, -0.05) is 19.9 Å². The van der Waals surface area contributed by atoms with Gasteiger partial charge in [0.25, 0.3) is 0 Å². The fourth-order valence-electron chi connectivity index (χ4n) is 1.86. The maximum Gasteiger partial charge on any atom is 0.120 e. The van der Waals surface area contributed by atoms with Crippen LogP contribution in [0.5, 0.6) is 5.75 Å². The lowest BCUT2D eigenvalue weighted by atomic mass is 9.94. The van der Waals surface area contributed by atoms with Crippen molar-refractivity contribution in [2.45, 2.75) is 52.6 Å². The monoisotopic (exact) mass is 234 g/mol. The number of benzene rings is 1. The molecule has 0 bridgehead atoms. The molecule has 0 aliphatic carbocycles. The van der Waals surface area contributed by atoms with E-state index in [9.17, 15) is 4.79 Å². The summed E-state index contributed by atoms with van der Waals surface area (Å²) in [6.45, 7) is 8.32. The van der Waals surface area contributed by atoms with Crippen LogP contribution in [-0.2, 0) is 4.79 Å². The summed E-state index contributed by atoms with van der Waals surface area (Å²) in [5.41, 5.74) is 2.42. The fourth-order valence-corrected chi connectivity index (χ4v) is 1.86. The number of carbonyl (C=O) groups is 1. The van der Waals surface area contributed by atoms with E-state index >= 15 is 0 Å². The lowest BCUT2D eigenvalue weighted by Gasteiger charge is -2.16. The lowest BCUT2D eigenvalue weighted by molar-refractivity contribution is -0.108. The van der Waals surface area contributed by atoms with Gasteiger partial charge in [-0.2, -0.15) is 0 Å². The number of hydrogen-bond donors (Lipinski definition) is 0. The summed E-state index contributed by atoms with van der Waals surface area (Å²) in [4.78, 5) is 10.5. The molecule has 1 aromatic carbocycles. The lowest BCUT2D eigenvalue weighted by Crippen LogP contribution is -2.10. The van der Waals surface area contributed by atoms with Gasteiger partial charge < -0.3 is 9.53 Å². The third-order valence-electron chi connectivity index (χ3n) is 3.13. The van der Waals surface area contributed by atoms with Crippen LogP contribution in [0.2, 0.25) is 0 Å².